The number of carbonyl (C=O) groups excluding carboxylic acids is 1. The van der Waals surface area contributed by atoms with Crippen molar-refractivity contribution in [3.63, 3.8) is 0 Å². The van der Waals surface area contributed by atoms with E-state index in [0.29, 0.717) is 6.54 Å². The number of carbonyl (C=O) groups is 1. The molecule has 2 aliphatic rings. The molecule has 1 fully saturated rings. The van der Waals surface area contributed by atoms with Gasteiger partial charge in [0.1, 0.15) is 11.6 Å². The number of fused-ring (bicyclic) bond motifs is 1. The Balaban J connectivity index is 1.35. The molecule has 1 aromatic heterocycles. The number of hydrogen-bond donors (Lipinski definition) is 3. The molecule has 1 aliphatic heterocycles. The Hall–Kier alpha value is -3.19. The van der Waals surface area contributed by atoms with E-state index in [0.717, 1.165) is 54.1 Å². The molecule has 0 spiro atoms. The Bertz CT molecular complexity index is 1050. The number of aryl methyl sites for hydroxylation is 1. The number of amides is 2. The predicted octanol–water partition coefficient (Wildman–Crippen LogP) is 3.38. The average Bonchev–Trinajstić information content (AvgIpc) is 3.47. The third kappa shape index (κ3) is 3.57. The van der Waals surface area contributed by atoms with Crippen molar-refractivity contribution in [2.24, 2.45) is 0 Å². The van der Waals surface area contributed by atoms with Crippen LogP contribution in [0.3, 0.4) is 0 Å². The van der Waals surface area contributed by atoms with Gasteiger partial charge in [-0.05, 0) is 49.1 Å². The van der Waals surface area contributed by atoms with E-state index in [1.807, 2.05) is 35.0 Å². The van der Waals surface area contributed by atoms with Crippen LogP contribution in [-0.2, 0) is 12.8 Å². The van der Waals surface area contributed by atoms with E-state index in [4.69, 9.17) is 5.10 Å². The lowest BCUT2D eigenvalue weighted by atomic mass is 9.94. The number of nitrogens with zero attached hydrogens (tertiary/aromatic N) is 2. The van der Waals surface area contributed by atoms with Crippen molar-refractivity contribution < 1.29 is 9.18 Å². The lowest BCUT2D eigenvalue weighted by Gasteiger charge is -2.21. The number of aromatic nitrogens is 2. The second-order valence-electron chi connectivity index (χ2n) is 7.90. The molecule has 1 saturated heterocycles. The van der Waals surface area contributed by atoms with E-state index in [9.17, 15) is 9.18 Å². The summed E-state index contributed by atoms with van der Waals surface area (Å²) in [6, 6.07) is 16.0. The Morgan fingerprint density at radius 1 is 1.07 bits per heavy atom. The zero-order valence-electron chi connectivity index (χ0n) is 16.6. The van der Waals surface area contributed by atoms with Crippen LogP contribution in [0.5, 0.6) is 0 Å². The lowest BCUT2D eigenvalue weighted by Crippen LogP contribution is -2.42. The van der Waals surface area contributed by atoms with Crippen LogP contribution >= 0.6 is 0 Å². The smallest absolute Gasteiger partial charge is 0.320 e. The van der Waals surface area contributed by atoms with Crippen LogP contribution in [0.25, 0.3) is 5.69 Å². The number of benzene rings is 2. The fourth-order valence-corrected chi connectivity index (χ4v) is 4.48. The molecule has 2 amide bonds. The summed E-state index contributed by atoms with van der Waals surface area (Å²) in [5.74, 6) is 0.589. The minimum absolute atomic E-state index is 0.0726. The number of anilines is 1. The highest BCUT2D eigenvalue weighted by atomic mass is 19.1. The third-order valence-corrected chi connectivity index (χ3v) is 5.97. The van der Waals surface area contributed by atoms with E-state index >= 15 is 0 Å². The monoisotopic (exact) mass is 405 g/mol. The van der Waals surface area contributed by atoms with Gasteiger partial charge in [-0.15, -0.1) is 0 Å². The van der Waals surface area contributed by atoms with Gasteiger partial charge in [-0.25, -0.2) is 13.9 Å². The van der Waals surface area contributed by atoms with Gasteiger partial charge in [0.25, 0.3) is 0 Å². The molecule has 1 aliphatic carbocycles. The Labute approximate surface area is 174 Å². The third-order valence-electron chi connectivity index (χ3n) is 5.97. The molecule has 6 nitrogen and oxygen atoms in total. The van der Waals surface area contributed by atoms with Crippen molar-refractivity contribution in [3.05, 3.63) is 77.2 Å². The van der Waals surface area contributed by atoms with E-state index in [-0.39, 0.29) is 23.8 Å². The van der Waals surface area contributed by atoms with Crippen LogP contribution in [0.15, 0.2) is 54.6 Å². The van der Waals surface area contributed by atoms with Gasteiger partial charge in [-0.3, -0.25) is 5.32 Å². The zero-order chi connectivity index (χ0) is 20.5. The second-order valence-corrected chi connectivity index (χ2v) is 7.90. The number of rotatable bonds is 4. The number of hydrogen-bond acceptors (Lipinski definition) is 3. The predicted molar refractivity (Wildman–Crippen MR) is 114 cm³/mol. The summed E-state index contributed by atoms with van der Waals surface area (Å²) in [6.45, 7) is 1.42. The molecule has 30 heavy (non-hydrogen) atoms. The SMILES string of the molecule is O=C(Nc1c2c(nn1-c1ccccc1)CCC2)NC1CNCC1c1ccc(F)cc1. The molecule has 154 valence electrons. The van der Waals surface area contributed by atoms with Crippen LogP contribution in [0.1, 0.15) is 29.2 Å². The van der Waals surface area contributed by atoms with Crippen LogP contribution in [0.4, 0.5) is 15.0 Å². The zero-order valence-corrected chi connectivity index (χ0v) is 16.6. The summed E-state index contributed by atoms with van der Waals surface area (Å²) >= 11 is 0. The summed E-state index contributed by atoms with van der Waals surface area (Å²) in [7, 11) is 0. The van der Waals surface area contributed by atoms with Crippen molar-refractivity contribution in [1.29, 1.82) is 0 Å². The minimum atomic E-state index is -0.255. The van der Waals surface area contributed by atoms with Crippen LogP contribution < -0.4 is 16.0 Å². The quantitative estimate of drug-likeness (QED) is 0.623. The Morgan fingerprint density at radius 2 is 1.87 bits per heavy atom. The van der Waals surface area contributed by atoms with Gasteiger partial charge in [0.05, 0.1) is 17.4 Å². The topological polar surface area (TPSA) is 71.0 Å². The molecule has 2 unspecified atom stereocenters. The molecule has 0 bridgehead atoms. The first-order chi connectivity index (χ1) is 14.7. The van der Waals surface area contributed by atoms with Gasteiger partial charge in [-0.1, -0.05) is 30.3 Å². The molecule has 5 rings (SSSR count). The van der Waals surface area contributed by atoms with Gasteiger partial charge < -0.3 is 10.6 Å². The van der Waals surface area contributed by atoms with Gasteiger partial charge in [0.2, 0.25) is 0 Å². The Kier molecular flexibility index (Phi) is 4.96. The molecule has 0 saturated carbocycles. The molecule has 2 atom stereocenters. The maximum absolute atomic E-state index is 13.3. The summed E-state index contributed by atoms with van der Waals surface area (Å²) in [5, 5.41) is 14.2. The van der Waals surface area contributed by atoms with E-state index in [2.05, 4.69) is 16.0 Å². The molecule has 3 N–H and O–H groups in total. The van der Waals surface area contributed by atoms with E-state index < -0.39 is 0 Å². The normalized spacial score (nSPS) is 20.2. The van der Waals surface area contributed by atoms with Crippen LogP contribution in [0, 0.1) is 5.82 Å². The molecule has 7 heteroatoms. The van der Waals surface area contributed by atoms with E-state index in [1.54, 1.807) is 12.1 Å². The number of nitrogens with one attached hydrogen (secondary N) is 3. The molecule has 2 heterocycles. The van der Waals surface area contributed by atoms with Crippen molar-refractivity contribution in [1.82, 2.24) is 20.4 Å². The highest BCUT2D eigenvalue weighted by Crippen LogP contribution is 2.31. The standard InChI is InChI=1S/C23H24FN5O/c24-16-11-9-15(10-12-16)19-13-25-14-21(19)26-23(30)27-22-18-7-4-8-20(18)28-29(22)17-5-2-1-3-6-17/h1-3,5-6,9-12,19,21,25H,4,7-8,13-14H2,(H2,26,27,30). The van der Waals surface area contributed by atoms with Crippen molar-refractivity contribution in [2.45, 2.75) is 31.2 Å². The first kappa shape index (κ1) is 18.8. The maximum Gasteiger partial charge on any atom is 0.320 e. The lowest BCUT2D eigenvalue weighted by molar-refractivity contribution is 0.248. The first-order valence-electron chi connectivity index (χ1n) is 10.4. The molecule has 0 radical (unpaired) electrons. The number of para-hydroxylation sites is 1. The summed E-state index contributed by atoms with van der Waals surface area (Å²) in [5.41, 5.74) is 4.12. The van der Waals surface area contributed by atoms with E-state index in [1.165, 1.54) is 12.1 Å². The van der Waals surface area contributed by atoms with Crippen LogP contribution in [0.2, 0.25) is 0 Å². The maximum atomic E-state index is 13.3. The highest BCUT2D eigenvalue weighted by molar-refractivity contribution is 5.90. The first-order valence-corrected chi connectivity index (χ1v) is 10.4. The summed E-state index contributed by atoms with van der Waals surface area (Å²) in [4.78, 5) is 12.9. The molecular weight excluding hydrogens is 381 g/mol. The molecular formula is C23H24FN5O. The number of halogens is 1. The van der Waals surface area contributed by atoms with Gasteiger partial charge >= 0.3 is 6.03 Å². The van der Waals surface area contributed by atoms with Crippen molar-refractivity contribution in [2.75, 3.05) is 18.4 Å². The number of urea groups is 1. The molecule has 3 aromatic rings. The van der Waals surface area contributed by atoms with Crippen molar-refractivity contribution in [3.8, 4) is 5.69 Å². The average molecular weight is 405 g/mol. The highest BCUT2D eigenvalue weighted by Gasteiger charge is 2.31. The van der Waals surface area contributed by atoms with Crippen molar-refractivity contribution >= 4 is 11.8 Å². The largest absolute Gasteiger partial charge is 0.333 e. The summed E-state index contributed by atoms with van der Waals surface area (Å²) < 4.78 is 15.1. The van der Waals surface area contributed by atoms with Gasteiger partial charge in [0, 0.05) is 24.6 Å². The molecule has 2 aromatic carbocycles. The van der Waals surface area contributed by atoms with Gasteiger partial charge in [-0.2, -0.15) is 5.10 Å². The minimum Gasteiger partial charge on any atom is -0.333 e. The fraction of sp³-hybridized carbons (Fsp3) is 0.304. The summed E-state index contributed by atoms with van der Waals surface area (Å²) in [6.07, 6.45) is 2.91. The van der Waals surface area contributed by atoms with Gasteiger partial charge in [0.15, 0.2) is 0 Å². The fourth-order valence-electron chi connectivity index (χ4n) is 4.48. The van der Waals surface area contributed by atoms with Crippen LogP contribution in [-0.4, -0.2) is 34.9 Å². The second kappa shape index (κ2) is 7.91. The Morgan fingerprint density at radius 3 is 2.67 bits per heavy atom.